The summed E-state index contributed by atoms with van der Waals surface area (Å²) in [5, 5.41) is 13.0. The van der Waals surface area contributed by atoms with Crippen molar-refractivity contribution in [1.82, 2.24) is 4.98 Å². The fraction of sp³-hybridized carbons (Fsp3) is 0.474. The van der Waals surface area contributed by atoms with E-state index in [1.54, 1.807) is 0 Å². The second kappa shape index (κ2) is 3.66. The fourth-order valence-corrected chi connectivity index (χ4v) is 5.79. The minimum Gasteiger partial charge on any atom is -0.378 e. The van der Waals surface area contributed by atoms with Gasteiger partial charge in [-0.1, -0.05) is 24.3 Å². The molecular weight excluding hydrogens is 272 g/mol. The van der Waals surface area contributed by atoms with Crippen molar-refractivity contribution in [3.63, 3.8) is 0 Å². The van der Waals surface area contributed by atoms with Crippen LogP contribution >= 0.6 is 0 Å². The summed E-state index contributed by atoms with van der Waals surface area (Å²) in [5.41, 5.74) is 4.28. The molecular formula is C19H23N2O+. The van der Waals surface area contributed by atoms with Gasteiger partial charge in [-0.15, -0.1) is 0 Å². The van der Waals surface area contributed by atoms with E-state index in [-0.39, 0.29) is 5.54 Å². The Kier molecular flexibility index (Phi) is 2.15. The van der Waals surface area contributed by atoms with Crippen molar-refractivity contribution in [3.05, 3.63) is 47.2 Å². The van der Waals surface area contributed by atoms with Gasteiger partial charge in [-0.05, 0) is 25.5 Å². The lowest BCUT2D eigenvalue weighted by molar-refractivity contribution is -0.962. The highest BCUT2D eigenvalue weighted by Crippen LogP contribution is 2.62. The summed E-state index contributed by atoms with van der Waals surface area (Å²) in [4.78, 5) is 3.69. The Morgan fingerprint density at radius 2 is 2.09 bits per heavy atom. The molecule has 2 saturated heterocycles. The average molecular weight is 295 g/mol. The predicted octanol–water partition coefficient (Wildman–Crippen LogP) is 2.85. The van der Waals surface area contributed by atoms with Crippen LogP contribution in [0.3, 0.4) is 0 Å². The van der Waals surface area contributed by atoms with E-state index < -0.39 is 5.60 Å². The number of allylic oxidation sites excluding steroid dienone is 1. The molecule has 3 aliphatic heterocycles. The van der Waals surface area contributed by atoms with Crippen molar-refractivity contribution in [2.24, 2.45) is 0 Å². The third kappa shape index (κ3) is 1.10. The Bertz CT molecular complexity index is 835. The second-order valence-corrected chi connectivity index (χ2v) is 7.52. The molecule has 5 rings (SSSR count). The number of quaternary nitrogens is 1. The van der Waals surface area contributed by atoms with Gasteiger partial charge in [0.2, 0.25) is 0 Å². The summed E-state index contributed by atoms with van der Waals surface area (Å²) in [7, 11) is 0. The van der Waals surface area contributed by atoms with Crippen LogP contribution in [0.5, 0.6) is 0 Å². The number of aliphatic hydroxyl groups is 1. The third-order valence-corrected chi connectivity index (χ3v) is 7.10. The van der Waals surface area contributed by atoms with Gasteiger partial charge in [-0.2, -0.15) is 0 Å². The predicted molar refractivity (Wildman–Crippen MR) is 87.5 cm³/mol. The lowest BCUT2D eigenvalue weighted by Gasteiger charge is -2.47. The Balaban J connectivity index is 1.86. The molecule has 3 nitrogen and oxygen atoms in total. The van der Waals surface area contributed by atoms with E-state index in [0.717, 1.165) is 37.0 Å². The number of benzene rings is 1. The smallest absolute Gasteiger partial charge is 0.171 e. The first-order valence-corrected chi connectivity index (χ1v) is 8.40. The van der Waals surface area contributed by atoms with Crippen LogP contribution in [0.1, 0.15) is 31.5 Å². The highest BCUT2D eigenvalue weighted by molar-refractivity contribution is 5.85. The molecule has 0 spiro atoms. The number of piperidine rings is 1. The van der Waals surface area contributed by atoms with Crippen LogP contribution in [0.4, 0.5) is 0 Å². The van der Waals surface area contributed by atoms with Gasteiger partial charge < -0.3 is 14.6 Å². The van der Waals surface area contributed by atoms with Gasteiger partial charge in [-0.3, -0.25) is 0 Å². The van der Waals surface area contributed by atoms with Crippen molar-refractivity contribution in [3.8, 4) is 0 Å². The molecule has 1 aromatic carbocycles. The Labute approximate surface area is 130 Å². The molecule has 0 radical (unpaired) electrons. The molecule has 2 aromatic rings. The van der Waals surface area contributed by atoms with E-state index in [0.29, 0.717) is 0 Å². The Hall–Kier alpha value is -1.58. The number of aromatic nitrogens is 1. The number of rotatable bonds is 0. The maximum absolute atomic E-state index is 11.6. The van der Waals surface area contributed by atoms with Gasteiger partial charge in [0, 0.05) is 29.3 Å². The number of para-hydroxylation sites is 1. The molecule has 1 aromatic heterocycles. The first-order valence-electron chi connectivity index (χ1n) is 8.40. The summed E-state index contributed by atoms with van der Waals surface area (Å²) in [6, 6.07) is 8.59. The van der Waals surface area contributed by atoms with Crippen molar-refractivity contribution in [2.75, 3.05) is 19.6 Å². The molecule has 3 heteroatoms. The normalized spacial score (nSPS) is 41.1. The minimum absolute atomic E-state index is 0.221. The van der Waals surface area contributed by atoms with Crippen molar-refractivity contribution in [2.45, 2.75) is 37.8 Å². The third-order valence-electron chi connectivity index (χ3n) is 7.10. The molecule has 0 saturated carbocycles. The van der Waals surface area contributed by atoms with Crippen LogP contribution in [0.25, 0.3) is 10.9 Å². The molecule has 3 aliphatic rings. The van der Waals surface area contributed by atoms with Gasteiger partial charge in [-0.25, -0.2) is 0 Å². The molecule has 22 heavy (non-hydrogen) atoms. The van der Waals surface area contributed by atoms with Crippen LogP contribution in [0.15, 0.2) is 35.9 Å². The van der Waals surface area contributed by atoms with Crippen molar-refractivity contribution in [1.29, 1.82) is 0 Å². The number of nitrogens with one attached hydrogen (secondary N) is 1. The van der Waals surface area contributed by atoms with Crippen LogP contribution in [0, 0.1) is 0 Å². The minimum atomic E-state index is -0.683. The molecule has 3 unspecified atom stereocenters. The quantitative estimate of drug-likeness (QED) is 0.569. The number of aromatic amines is 1. The molecule has 2 N–H and O–H groups in total. The lowest BCUT2D eigenvalue weighted by Crippen LogP contribution is -2.61. The summed E-state index contributed by atoms with van der Waals surface area (Å²) >= 11 is 0. The Morgan fingerprint density at radius 3 is 2.91 bits per heavy atom. The molecule has 0 aliphatic carbocycles. The molecule has 114 valence electrons. The van der Waals surface area contributed by atoms with Gasteiger partial charge in [0.1, 0.15) is 6.54 Å². The molecule has 4 heterocycles. The topological polar surface area (TPSA) is 36.0 Å². The van der Waals surface area contributed by atoms with Crippen LogP contribution in [0.2, 0.25) is 0 Å². The highest BCUT2D eigenvalue weighted by Gasteiger charge is 2.75. The van der Waals surface area contributed by atoms with Crippen LogP contribution in [-0.2, 0) is 12.0 Å². The summed E-state index contributed by atoms with van der Waals surface area (Å²) in [6.45, 7) is 7.63. The van der Waals surface area contributed by atoms with E-state index in [1.165, 1.54) is 27.7 Å². The maximum Gasteiger partial charge on any atom is 0.171 e. The first kappa shape index (κ1) is 12.9. The number of hydrogen-bond acceptors (Lipinski definition) is 1. The number of H-pyrrole nitrogens is 1. The number of hydrogen-bond donors (Lipinski definition) is 2. The maximum atomic E-state index is 11.6. The standard InChI is InChI=1S/C19H23N2O/c1-3-13-12-21-10-8-15-14-6-4-5-7-16(14)20-17(15)18(21,2)19(13,22)9-11-21/h3-7,20,22H,8-12H2,1-2H3/q+1. The van der Waals surface area contributed by atoms with E-state index in [4.69, 9.17) is 0 Å². The van der Waals surface area contributed by atoms with Gasteiger partial charge >= 0.3 is 0 Å². The molecule has 0 amide bonds. The second-order valence-electron chi connectivity index (χ2n) is 7.52. The largest absolute Gasteiger partial charge is 0.378 e. The number of nitrogens with zero attached hydrogens (tertiary/aromatic N) is 1. The van der Waals surface area contributed by atoms with E-state index in [2.05, 4.69) is 49.2 Å². The summed E-state index contributed by atoms with van der Waals surface area (Å²) < 4.78 is 1.03. The average Bonchev–Trinajstić information content (AvgIpc) is 3.08. The zero-order valence-corrected chi connectivity index (χ0v) is 13.3. The van der Waals surface area contributed by atoms with Crippen molar-refractivity contribution >= 4 is 10.9 Å². The van der Waals surface area contributed by atoms with Crippen molar-refractivity contribution < 1.29 is 9.59 Å². The zero-order chi connectivity index (χ0) is 15.2. The highest BCUT2D eigenvalue weighted by atomic mass is 16.3. The summed E-state index contributed by atoms with van der Waals surface area (Å²) in [5.74, 6) is 0. The SMILES string of the molecule is CC=C1C[N+]23CCc4c([nH]c5ccccc45)C2(C)C1(O)CC3. The molecule has 3 atom stereocenters. The number of fused-ring (bicyclic) bond motifs is 3. The van der Waals surface area contributed by atoms with Crippen LogP contribution < -0.4 is 0 Å². The fourth-order valence-electron chi connectivity index (χ4n) is 5.79. The zero-order valence-electron chi connectivity index (χ0n) is 13.3. The van der Waals surface area contributed by atoms with E-state index in [1.807, 2.05) is 0 Å². The van der Waals surface area contributed by atoms with Gasteiger partial charge in [0.25, 0.3) is 0 Å². The van der Waals surface area contributed by atoms with Gasteiger partial charge in [0.05, 0.1) is 18.8 Å². The first-order chi connectivity index (χ1) is 10.6. The lowest BCUT2D eigenvalue weighted by atomic mass is 9.74. The van der Waals surface area contributed by atoms with E-state index in [9.17, 15) is 5.11 Å². The van der Waals surface area contributed by atoms with E-state index >= 15 is 0 Å². The van der Waals surface area contributed by atoms with Gasteiger partial charge in [0.15, 0.2) is 11.1 Å². The molecule has 2 bridgehead atoms. The van der Waals surface area contributed by atoms with Crippen LogP contribution in [-0.4, -0.2) is 39.8 Å². The monoisotopic (exact) mass is 295 g/mol. The summed E-state index contributed by atoms with van der Waals surface area (Å²) in [6.07, 6.45) is 4.16. The Morgan fingerprint density at radius 1 is 1.27 bits per heavy atom. The molecule has 2 fully saturated rings.